The van der Waals surface area contributed by atoms with Crippen LogP contribution in [0.3, 0.4) is 0 Å². The molecular weight excluding hydrogens is 294 g/mol. The van der Waals surface area contributed by atoms with E-state index in [1.165, 1.54) is 29.8 Å². The van der Waals surface area contributed by atoms with E-state index in [1.807, 2.05) is 24.3 Å². The zero-order valence-corrected chi connectivity index (χ0v) is 12.9. The lowest BCUT2D eigenvalue weighted by Gasteiger charge is -2.04. The van der Waals surface area contributed by atoms with E-state index in [9.17, 15) is 14.9 Å². The summed E-state index contributed by atoms with van der Waals surface area (Å²) in [6, 6.07) is 13.2. The maximum Gasteiger partial charge on any atom is 0.271 e. The number of nitro benzene ring substituents is 1. The number of nitro groups is 1. The van der Waals surface area contributed by atoms with E-state index < -0.39 is 10.8 Å². The molecule has 6 heteroatoms. The number of non-ortho nitro benzene ring substituents is 1. The van der Waals surface area contributed by atoms with Crippen LogP contribution in [0.4, 0.5) is 5.69 Å². The first-order valence-corrected chi connectivity index (χ1v) is 7.15. The zero-order chi connectivity index (χ0) is 16.8. The summed E-state index contributed by atoms with van der Waals surface area (Å²) in [4.78, 5) is 21.9. The van der Waals surface area contributed by atoms with Crippen molar-refractivity contribution in [3.05, 3.63) is 75.3 Å². The first-order chi connectivity index (χ1) is 11.0. The molecule has 0 spiro atoms. The van der Waals surface area contributed by atoms with E-state index in [-0.39, 0.29) is 5.69 Å². The summed E-state index contributed by atoms with van der Waals surface area (Å²) >= 11 is 0. The maximum atomic E-state index is 11.9. The summed E-state index contributed by atoms with van der Waals surface area (Å²) in [6.45, 7) is 4.24. The predicted octanol–water partition coefficient (Wildman–Crippen LogP) is 3.48. The molecule has 2 aromatic carbocycles. The van der Waals surface area contributed by atoms with Crippen LogP contribution in [0, 0.1) is 10.1 Å². The highest BCUT2D eigenvalue weighted by Crippen LogP contribution is 2.14. The molecule has 0 aromatic heterocycles. The number of rotatable bonds is 5. The smallest absolute Gasteiger partial charge is 0.267 e. The first kappa shape index (κ1) is 16.4. The van der Waals surface area contributed by atoms with Crippen LogP contribution >= 0.6 is 0 Å². The van der Waals surface area contributed by atoms with Crippen molar-refractivity contribution in [2.75, 3.05) is 0 Å². The molecule has 0 saturated heterocycles. The van der Waals surface area contributed by atoms with Gasteiger partial charge in [-0.05, 0) is 29.2 Å². The van der Waals surface area contributed by atoms with Crippen molar-refractivity contribution in [1.82, 2.24) is 5.43 Å². The van der Waals surface area contributed by atoms with E-state index in [1.54, 1.807) is 6.21 Å². The third-order valence-corrected chi connectivity index (χ3v) is 3.32. The number of carbonyl (C=O) groups excluding carboxylic acids is 1. The molecule has 2 rings (SSSR count). The second kappa shape index (κ2) is 7.31. The minimum absolute atomic E-state index is 0.0599. The number of nitrogens with zero attached hydrogens (tertiary/aromatic N) is 2. The number of hydrogen-bond donors (Lipinski definition) is 1. The summed E-state index contributed by atoms with van der Waals surface area (Å²) in [6.07, 6.45) is 1.55. The van der Waals surface area contributed by atoms with Gasteiger partial charge in [0.15, 0.2) is 0 Å². The van der Waals surface area contributed by atoms with Crippen LogP contribution in [0.25, 0.3) is 0 Å². The fourth-order valence-electron chi connectivity index (χ4n) is 1.93. The number of carbonyl (C=O) groups is 1. The summed E-state index contributed by atoms with van der Waals surface area (Å²) in [5.74, 6) is 0.0396. The molecule has 0 unspecified atom stereocenters. The van der Waals surface area contributed by atoms with Gasteiger partial charge in [0.1, 0.15) is 0 Å². The van der Waals surface area contributed by atoms with Crippen molar-refractivity contribution >= 4 is 17.8 Å². The van der Waals surface area contributed by atoms with Crippen molar-refractivity contribution in [2.45, 2.75) is 19.8 Å². The van der Waals surface area contributed by atoms with Gasteiger partial charge in [-0.1, -0.05) is 38.1 Å². The molecule has 6 nitrogen and oxygen atoms in total. The number of hydrazone groups is 1. The second-order valence-electron chi connectivity index (χ2n) is 5.32. The highest BCUT2D eigenvalue weighted by Gasteiger charge is 2.08. The maximum absolute atomic E-state index is 11.9. The lowest BCUT2D eigenvalue weighted by Crippen LogP contribution is -2.17. The SMILES string of the molecule is CC(C)c1ccc(/C=N\NC(=O)c2ccc([N+](=O)[O-])cc2)cc1. The van der Waals surface area contributed by atoms with Gasteiger partial charge in [0, 0.05) is 17.7 Å². The molecule has 0 radical (unpaired) electrons. The van der Waals surface area contributed by atoms with E-state index in [0.717, 1.165) is 5.56 Å². The van der Waals surface area contributed by atoms with Crippen molar-refractivity contribution in [2.24, 2.45) is 5.10 Å². The summed E-state index contributed by atoms with van der Waals surface area (Å²) in [7, 11) is 0. The predicted molar refractivity (Wildman–Crippen MR) is 88.7 cm³/mol. The topological polar surface area (TPSA) is 84.6 Å². The standard InChI is InChI=1S/C17H17N3O3/c1-12(2)14-5-3-13(4-6-14)11-18-19-17(21)15-7-9-16(10-8-15)20(22)23/h3-12H,1-2H3,(H,19,21)/b18-11-. The highest BCUT2D eigenvalue weighted by molar-refractivity contribution is 5.95. The Morgan fingerprint density at radius 2 is 1.74 bits per heavy atom. The summed E-state index contributed by atoms with van der Waals surface area (Å²) in [5, 5.41) is 14.4. The molecule has 1 amide bonds. The molecule has 0 aliphatic rings. The third kappa shape index (κ3) is 4.47. The van der Waals surface area contributed by atoms with E-state index in [4.69, 9.17) is 0 Å². The van der Waals surface area contributed by atoms with Gasteiger partial charge in [-0.25, -0.2) is 5.43 Å². The van der Waals surface area contributed by atoms with E-state index in [0.29, 0.717) is 11.5 Å². The average Bonchev–Trinajstić information content (AvgIpc) is 2.55. The Kier molecular flexibility index (Phi) is 5.19. The molecule has 0 fully saturated rings. The van der Waals surface area contributed by atoms with Crippen LogP contribution in [-0.4, -0.2) is 17.0 Å². The molecule has 0 aliphatic carbocycles. The van der Waals surface area contributed by atoms with Gasteiger partial charge >= 0.3 is 0 Å². The van der Waals surface area contributed by atoms with Gasteiger partial charge in [-0.15, -0.1) is 0 Å². The molecule has 0 aliphatic heterocycles. The fourth-order valence-corrected chi connectivity index (χ4v) is 1.93. The van der Waals surface area contributed by atoms with Crippen molar-refractivity contribution in [1.29, 1.82) is 0 Å². The Morgan fingerprint density at radius 1 is 1.13 bits per heavy atom. The summed E-state index contributed by atoms with van der Waals surface area (Å²) < 4.78 is 0. The fraction of sp³-hybridized carbons (Fsp3) is 0.176. The second-order valence-corrected chi connectivity index (χ2v) is 5.32. The molecule has 0 atom stereocenters. The van der Waals surface area contributed by atoms with Crippen LogP contribution in [0.5, 0.6) is 0 Å². The van der Waals surface area contributed by atoms with Crippen molar-refractivity contribution in [3.8, 4) is 0 Å². The van der Waals surface area contributed by atoms with Gasteiger partial charge in [0.05, 0.1) is 11.1 Å². The largest absolute Gasteiger partial charge is 0.271 e. The lowest BCUT2D eigenvalue weighted by atomic mass is 10.0. The molecule has 0 bridgehead atoms. The zero-order valence-electron chi connectivity index (χ0n) is 12.9. The molecule has 2 aromatic rings. The molecule has 1 N–H and O–H groups in total. The quantitative estimate of drug-likeness (QED) is 0.521. The summed E-state index contributed by atoms with van der Waals surface area (Å²) in [5.41, 5.74) is 4.75. The highest BCUT2D eigenvalue weighted by atomic mass is 16.6. The van der Waals surface area contributed by atoms with Crippen molar-refractivity contribution in [3.63, 3.8) is 0 Å². The average molecular weight is 311 g/mol. The first-order valence-electron chi connectivity index (χ1n) is 7.15. The van der Waals surface area contributed by atoms with Gasteiger partial charge in [-0.3, -0.25) is 14.9 Å². The van der Waals surface area contributed by atoms with Crippen LogP contribution in [0.1, 0.15) is 41.3 Å². The Hall–Kier alpha value is -3.02. The molecule has 118 valence electrons. The third-order valence-electron chi connectivity index (χ3n) is 3.32. The van der Waals surface area contributed by atoms with E-state index in [2.05, 4.69) is 24.4 Å². The Bertz CT molecular complexity index is 720. The number of benzene rings is 2. The molecular formula is C17H17N3O3. The van der Waals surface area contributed by atoms with Gasteiger partial charge in [0.2, 0.25) is 0 Å². The van der Waals surface area contributed by atoms with Crippen LogP contribution in [-0.2, 0) is 0 Å². The normalized spacial score (nSPS) is 10.9. The number of hydrogen-bond acceptors (Lipinski definition) is 4. The molecule has 23 heavy (non-hydrogen) atoms. The van der Waals surface area contributed by atoms with Crippen LogP contribution in [0.15, 0.2) is 53.6 Å². The Labute approximate surface area is 134 Å². The van der Waals surface area contributed by atoms with Gasteiger partial charge < -0.3 is 0 Å². The Morgan fingerprint density at radius 3 is 2.26 bits per heavy atom. The minimum Gasteiger partial charge on any atom is -0.267 e. The molecule has 0 heterocycles. The van der Waals surface area contributed by atoms with Crippen LogP contribution in [0.2, 0.25) is 0 Å². The van der Waals surface area contributed by atoms with E-state index >= 15 is 0 Å². The van der Waals surface area contributed by atoms with Gasteiger partial charge in [0.25, 0.3) is 11.6 Å². The minimum atomic E-state index is -0.513. The van der Waals surface area contributed by atoms with Crippen molar-refractivity contribution < 1.29 is 9.72 Å². The number of nitrogens with one attached hydrogen (secondary N) is 1. The lowest BCUT2D eigenvalue weighted by molar-refractivity contribution is -0.384. The Balaban J connectivity index is 1.96. The molecule has 0 saturated carbocycles. The van der Waals surface area contributed by atoms with Gasteiger partial charge in [-0.2, -0.15) is 5.10 Å². The number of amides is 1. The monoisotopic (exact) mass is 311 g/mol. The van der Waals surface area contributed by atoms with Crippen LogP contribution < -0.4 is 5.43 Å².